The largest absolute Gasteiger partial charge is 0.464 e. The van der Waals surface area contributed by atoms with Crippen LogP contribution in [0.4, 0.5) is 5.69 Å². The van der Waals surface area contributed by atoms with Gasteiger partial charge in [0.05, 0.1) is 17.3 Å². The Morgan fingerprint density at radius 2 is 2.05 bits per heavy atom. The Labute approximate surface area is 128 Å². The fraction of sp³-hybridized carbons (Fsp3) is 0.188. The molecular formula is C16H16ClN3O. The number of hydrogen-bond acceptors (Lipinski definition) is 3. The molecule has 0 aliphatic rings. The smallest absolute Gasteiger partial charge is 0.123 e. The van der Waals surface area contributed by atoms with Crippen LogP contribution in [-0.4, -0.2) is 9.78 Å². The second-order valence-electron chi connectivity index (χ2n) is 4.66. The van der Waals surface area contributed by atoms with Crippen molar-refractivity contribution in [2.45, 2.75) is 19.9 Å². The van der Waals surface area contributed by atoms with Gasteiger partial charge in [-0.1, -0.05) is 24.6 Å². The molecule has 2 aromatic heterocycles. The zero-order valence-corrected chi connectivity index (χ0v) is 12.5. The summed E-state index contributed by atoms with van der Waals surface area (Å²) in [6.45, 7) is 2.68. The van der Waals surface area contributed by atoms with Crippen molar-refractivity contribution >= 4 is 17.3 Å². The van der Waals surface area contributed by atoms with E-state index in [1.54, 1.807) is 10.9 Å². The quantitative estimate of drug-likeness (QED) is 0.764. The maximum Gasteiger partial charge on any atom is 0.123 e. The zero-order valence-electron chi connectivity index (χ0n) is 11.7. The second-order valence-corrected chi connectivity index (χ2v) is 5.07. The molecular weight excluding hydrogens is 286 g/mol. The minimum absolute atomic E-state index is 0.606. The number of aromatic nitrogens is 2. The molecule has 108 valence electrons. The van der Waals surface area contributed by atoms with Gasteiger partial charge in [-0.3, -0.25) is 0 Å². The molecule has 0 radical (unpaired) electrons. The van der Waals surface area contributed by atoms with Gasteiger partial charge in [-0.15, -0.1) is 0 Å². The lowest BCUT2D eigenvalue weighted by Gasteiger charge is -2.12. The van der Waals surface area contributed by atoms with Crippen molar-refractivity contribution in [2.24, 2.45) is 0 Å². The van der Waals surface area contributed by atoms with Gasteiger partial charge in [-0.05, 0) is 30.3 Å². The van der Waals surface area contributed by atoms with Gasteiger partial charge in [-0.2, -0.15) is 5.10 Å². The van der Waals surface area contributed by atoms with E-state index in [2.05, 4.69) is 17.3 Å². The van der Waals surface area contributed by atoms with Crippen LogP contribution in [0.1, 0.15) is 18.4 Å². The molecule has 0 aliphatic carbocycles. The molecule has 0 bridgehead atoms. The van der Waals surface area contributed by atoms with Crippen LogP contribution >= 0.6 is 11.6 Å². The third kappa shape index (κ3) is 2.95. The van der Waals surface area contributed by atoms with Gasteiger partial charge in [0.25, 0.3) is 0 Å². The number of halogens is 1. The molecule has 1 N–H and O–H groups in total. The molecule has 4 nitrogen and oxygen atoms in total. The summed E-state index contributed by atoms with van der Waals surface area (Å²) < 4.78 is 7.45. The third-order valence-corrected chi connectivity index (χ3v) is 3.54. The van der Waals surface area contributed by atoms with E-state index in [1.807, 2.05) is 42.6 Å². The zero-order chi connectivity index (χ0) is 14.7. The first-order valence-electron chi connectivity index (χ1n) is 6.88. The highest BCUT2D eigenvalue weighted by Crippen LogP contribution is 2.28. The van der Waals surface area contributed by atoms with Crippen LogP contribution in [0.15, 0.2) is 53.2 Å². The lowest BCUT2D eigenvalue weighted by atomic mass is 10.2. The van der Waals surface area contributed by atoms with Crippen LogP contribution < -0.4 is 5.32 Å². The fourth-order valence-corrected chi connectivity index (χ4v) is 2.44. The van der Waals surface area contributed by atoms with Crippen molar-refractivity contribution in [3.8, 4) is 5.69 Å². The molecule has 0 saturated heterocycles. The minimum Gasteiger partial charge on any atom is -0.464 e. The van der Waals surface area contributed by atoms with Gasteiger partial charge in [0.15, 0.2) is 0 Å². The molecule has 0 unspecified atom stereocenters. The highest BCUT2D eigenvalue weighted by molar-refractivity contribution is 6.33. The molecule has 0 spiro atoms. The van der Waals surface area contributed by atoms with Crippen LogP contribution in [0.5, 0.6) is 0 Å². The molecule has 0 fully saturated rings. The molecule has 21 heavy (non-hydrogen) atoms. The van der Waals surface area contributed by atoms with E-state index < -0.39 is 0 Å². The van der Waals surface area contributed by atoms with E-state index in [0.717, 1.165) is 29.3 Å². The Hall–Kier alpha value is -2.20. The predicted molar refractivity (Wildman–Crippen MR) is 84.0 cm³/mol. The number of benzene rings is 1. The number of anilines is 1. The Bertz CT molecular complexity index is 719. The average Bonchev–Trinajstić information content (AvgIpc) is 3.16. The number of nitrogens with one attached hydrogen (secondary N) is 1. The number of aryl methyl sites for hydroxylation is 1. The van der Waals surface area contributed by atoms with E-state index >= 15 is 0 Å². The minimum atomic E-state index is 0.606. The average molecular weight is 302 g/mol. The summed E-state index contributed by atoms with van der Waals surface area (Å²) in [5, 5.41) is 8.26. The third-order valence-electron chi connectivity index (χ3n) is 3.24. The first kappa shape index (κ1) is 13.8. The topological polar surface area (TPSA) is 43.0 Å². The SMILES string of the molecule is CCc1ccc(CNc2cccc(Cl)c2-n2cccn2)o1. The normalized spacial score (nSPS) is 10.8. The standard InChI is InChI=1S/C16H16ClN3O/c1-2-12-7-8-13(21-12)11-18-15-6-3-5-14(17)16(15)20-10-4-9-19-20/h3-10,18H,2,11H2,1H3. The fourth-order valence-electron chi connectivity index (χ4n) is 2.18. The predicted octanol–water partition coefficient (Wildman–Crippen LogP) is 4.29. The summed E-state index contributed by atoms with van der Waals surface area (Å²) in [4.78, 5) is 0. The number of para-hydroxylation sites is 1. The Morgan fingerprint density at radius 1 is 1.19 bits per heavy atom. The van der Waals surface area contributed by atoms with Crippen LogP contribution in [0.3, 0.4) is 0 Å². The maximum atomic E-state index is 6.30. The van der Waals surface area contributed by atoms with Gasteiger partial charge in [0.1, 0.15) is 17.2 Å². The van der Waals surface area contributed by atoms with Gasteiger partial charge < -0.3 is 9.73 Å². The summed E-state index contributed by atoms with van der Waals surface area (Å²) in [5.41, 5.74) is 1.76. The first-order chi connectivity index (χ1) is 10.3. The van der Waals surface area contributed by atoms with Gasteiger partial charge in [0.2, 0.25) is 0 Å². The molecule has 1 aromatic carbocycles. The van der Waals surface area contributed by atoms with Crippen molar-refractivity contribution in [3.63, 3.8) is 0 Å². The number of furan rings is 1. The summed E-state index contributed by atoms with van der Waals surface area (Å²) in [7, 11) is 0. The molecule has 5 heteroatoms. The van der Waals surface area contributed by atoms with Gasteiger partial charge >= 0.3 is 0 Å². The second kappa shape index (κ2) is 6.06. The summed E-state index contributed by atoms with van der Waals surface area (Å²) in [5.74, 6) is 1.89. The van der Waals surface area contributed by atoms with Crippen LogP contribution in [0.25, 0.3) is 5.69 Å². The summed E-state index contributed by atoms with van der Waals surface area (Å²) in [6, 6.07) is 11.6. The lowest BCUT2D eigenvalue weighted by Crippen LogP contribution is -2.05. The Kier molecular flexibility index (Phi) is 3.97. The molecule has 2 heterocycles. The van der Waals surface area contributed by atoms with E-state index in [-0.39, 0.29) is 0 Å². The van der Waals surface area contributed by atoms with E-state index in [0.29, 0.717) is 11.6 Å². The molecule has 0 atom stereocenters. The van der Waals surface area contributed by atoms with Crippen molar-refractivity contribution in [3.05, 3.63) is 65.3 Å². The summed E-state index contributed by atoms with van der Waals surface area (Å²) >= 11 is 6.30. The van der Waals surface area contributed by atoms with Crippen LogP contribution in [-0.2, 0) is 13.0 Å². The molecule has 3 aromatic rings. The van der Waals surface area contributed by atoms with Crippen LogP contribution in [0.2, 0.25) is 5.02 Å². The summed E-state index contributed by atoms with van der Waals surface area (Å²) in [6.07, 6.45) is 4.50. The van der Waals surface area contributed by atoms with Gasteiger partial charge in [0, 0.05) is 18.8 Å². The highest BCUT2D eigenvalue weighted by Gasteiger charge is 2.10. The first-order valence-corrected chi connectivity index (χ1v) is 7.25. The van der Waals surface area contributed by atoms with E-state index in [1.165, 1.54) is 0 Å². The van der Waals surface area contributed by atoms with Crippen molar-refractivity contribution in [1.29, 1.82) is 0 Å². The number of hydrogen-bond donors (Lipinski definition) is 1. The molecule has 0 saturated carbocycles. The number of nitrogens with zero attached hydrogens (tertiary/aromatic N) is 2. The van der Waals surface area contributed by atoms with Crippen molar-refractivity contribution < 1.29 is 4.42 Å². The maximum absolute atomic E-state index is 6.30. The van der Waals surface area contributed by atoms with Crippen molar-refractivity contribution in [2.75, 3.05) is 5.32 Å². The lowest BCUT2D eigenvalue weighted by molar-refractivity contribution is 0.476. The highest BCUT2D eigenvalue weighted by atomic mass is 35.5. The Morgan fingerprint density at radius 3 is 2.76 bits per heavy atom. The molecule has 0 amide bonds. The molecule has 0 aliphatic heterocycles. The van der Waals surface area contributed by atoms with E-state index in [4.69, 9.17) is 16.0 Å². The van der Waals surface area contributed by atoms with E-state index in [9.17, 15) is 0 Å². The van der Waals surface area contributed by atoms with Crippen LogP contribution in [0, 0.1) is 0 Å². The van der Waals surface area contributed by atoms with Gasteiger partial charge in [-0.25, -0.2) is 4.68 Å². The number of rotatable bonds is 5. The monoisotopic (exact) mass is 301 g/mol. The molecule has 3 rings (SSSR count). The Balaban J connectivity index is 1.84. The van der Waals surface area contributed by atoms with Crippen molar-refractivity contribution in [1.82, 2.24) is 9.78 Å².